The number of ether oxygens (including phenoxy) is 1. The average molecular weight is 572 g/mol. The summed E-state index contributed by atoms with van der Waals surface area (Å²) in [5, 5.41) is 19.8. The minimum absolute atomic E-state index is 0.0247. The summed E-state index contributed by atoms with van der Waals surface area (Å²) in [4.78, 5) is 15.8. The first kappa shape index (κ1) is 29.9. The summed E-state index contributed by atoms with van der Waals surface area (Å²) in [6, 6.07) is 25.7. The van der Waals surface area contributed by atoms with Crippen LogP contribution in [0.2, 0.25) is 5.02 Å². The average Bonchev–Trinajstić information content (AvgIpc) is 2.99. The molecule has 0 bridgehead atoms. The molecule has 1 atom stereocenters. The Bertz CT molecular complexity index is 1390. The molecule has 2 amide bonds. The van der Waals surface area contributed by atoms with Gasteiger partial charge in [-0.15, -0.1) is 0 Å². The van der Waals surface area contributed by atoms with Crippen molar-refractivity contribution in [1.29, 1.82) is 5.26 Å². The summed E-state index contributed by atoms with van der Waals surface area (Å²) >= 11 is 6.16. The van der Waals surface area contributed by atoms with E-state index in [9.17, 15) is 15.3 Å². The number of halogens is 1. The number of hydrogen-bond acceptors (Lipinski definition) is 6. The fourth-order valence-electron chi connectivity index (χ4n) is 4.88. The molecule has 1 heterocycles. The zero-order chi connectivity index (χ0) is 29.0. The highest BCUT2D eigenvalue weighted by molar-refractivity contribution is 6.30. The SMILES string of the molecule is N#CCc1cc(C#CCCN(O)C(N)=O)ccc1OCCN1CCN([C@H](c2ccccc2)c2ccc(Cl)cc2)CC1. The third-order valence-electron chi connectivity index (χ3n) is 7.00. The van der Waals surface area contributed by atoms with Crippen LogP contribution in [-0.4, -0.2) is 72.0 Å². The number of amides is 2. The van der Waals surface area contributed by atoms with E-state index in [0.29, 0.717) is 17.4 Å². The van der Waals surface area contributed by atoms with Crippen molar-refractivity contribution < 1.29 is 14.7 Å². The molecule has 3 N–H and O–H groups in total. The number of primary amides is 1. The first-order chi connectivity index (χ1) is 19.9. The van der Waals surface area contributed by atoms with Gasteiger partial charge in [-0.25, -0.2) is 9.86 Å². The topological polar surface area (TPSA) is 106 Å². The Kier molecular flexibility index (Phi) is 11.0. The first-order valence-corrected chi connectivity index (χ1v) is 14.0. The fourth-order valence-corrected chi connectivity index (χ4v) is 5.01. The number of piperazine rings is 1. The maximum absolute atomic E-state index is 10.9. The summed E-state index contributed by atoms with van der Waals surface area (Å²) in [5.41, 5.74) is 9.00. The van der Waals surface area contributed by atoms with Gasteiger partial charge in [0.25, 0.3) is 0 Å². The number of carbonyl (C=O) groups excluding carboxylic acids is 1. The second-order valence-electron chi connectivity index (χ2n) is 9.76. The third-order valence-corrected chi connectivity index (χ3v) is 7.26. The Balaban J connectivity index is 1.31. The zero-order valence-electron chi connectivity index (χ0n) is 22.9. The largest absolute Gasteiger partial charge is 0.492 e. The number of nitrogens with zero attached hydrogens (tertiary/aromatic N) is 4. The molecule has 1 fully saturated rings. The fraction of sp³-hybridized carbons (Fsp3) is 0.312. The van der Waals surface area contributed by atoms with Crippen molar-refractivity contribution in [3.8, 4) is 23.7 Å². The predicted molar refractivity (Wildman–Crippen MR) is 159 cm³/mol. The first-order valence-electron chi connectivity index (χ1n) is 13.6. The normalized spacial score (nSPS) is 14.4. The van der Waals surface area contributed by atoms with Crippen molar-refractivity contribution >= 4 is 17.6 Å². The smallest absolute Gasteiger partial charge is 0.338 e. The lowest BCUT2D eigenvalue weighted by atomic mass is 9.96. The lowest BCUT2D eigenvalue weighted by Crippen LogP contribution is -2.48. The Morgan fingerprint density at radius 3 is 2.44 bits per heavy atom. The molecule has 9 heteroatoms. The number of nitrogens with two attached hydrogens (primary N) is 1. The van der Waals surface area contributed by atoms with Crippen molar-refractivity contribution in [2.75, 3.05) is 45.9 Å². The number of urea groups is 1. The van der Waals surface area contributed by atoms with Crippen molar-refractivity contribution in [3.05, 3.63) is 100 Å². The van der Waals surface area contributed by atoms with E-state index in [-0.39, 0.29) is 25.4 Å². The zero-order valence-corrected chi connectivity index (χ0v) is 23.6. The van der Waals surface area contributed by atoms with E-state index in [2.05, 4.69) is 64.1 Å². The number of hydrogen-bond donors (Lipinski definition) is 2. The molecule has 0 spiro atoms. The predicted octanol–water partition coefficient (Wildman–Crippen LogP) is 4.70. The molecular formula is C32H34ClN5O3. The van der Waals surface area contributed by atoms with Crippen LogP contribution in [-0.2, 0) is 6.42 Å². The van der Waals surface area contributed by atoms with E-state index in [1.807, 2.05) is 36.4 Å². The van der Waals surface area contributed by atoms with Gasteiger partial charge in [0, 0.05) is 55.3 Å². The van der Waals surface area contributed by atoms with Gasteiger partial charge in [0.15, 0.2) is 0 Å². The van der Waals surface area contributed by atoms with Gasteiger partial charge >= 0.3 is 6.03 Å². The molecule has 0 radical (unpaired) electrons. The van der Waals surface area contributed by atoms with Crippen LogP contribution in [0, 0.1) is 23.2 Å². The molecule has 0 aromatic heterocycles. The van der Waals surface area contributed by atoms with Gasteiger partial charge in [0.05, 0.1) is 25.1 Å². The summed E-state index contributed by atoms with van der Waals surface area (Å²) in [5.74, 6) is 6.56. The van der Waals surface area contributed by atoms with Crippen LogP contribution in [0.1, 0.15) is 34.7 Å². The monoisotopic (exact) mass is 571 g/mol. The van der Waals surface area contributed by atoms with Crippen LogP contribution < -0.4 is 10.5 Å². The molecule has 3 aromatic rings. The highest BCUT2D eigenvalue weighted by Gasteiger charge is 2.26. The van der Waals surface area contributed by atoms with Gasteiger partial charge in [0.2, 0.25) is 0 Å². The van der Waals surface area contributed by atoms with Crippen LogP contribution in [0.5, 0.6) is 5.75 Å². The summed E-state index contributed by atoms with van der Waals surface area (Å²) in [7, 11) is 0. The lowest BCUT2D eigenvalue weighted by Gasteiger charge is -2.39. The molecule has 0 aliphatic carbocycles. The summed E-state index contributed by atoms with van der Waals surface area (Å²) < 4.78 is 6.10. The molecule has 8 nitrogen and oxygen atoms in total. The number of benzene rings is 3. The van der Waals surface area contributed by atoms with Crippen molar-refractivity contribution in [2.45, 2.75) is 18.9 Å². The van der Waals surface area contributed by atoms with E-state index in [4.69, 9.17) is 22.1 Å². The van der Waals surface area contributed by atoms with Gasteiger partial charge < -0.3 is 10.5 Å². The Hall–Kier alpha value is -4.05. The van der Waals surface area contributed by atoms with Crippen LogP contribution >= 0.6 is 11.6 Å². The third kappa shape index (κ3) is 8.72. The molecule has 4 rings (SSSR count). The minimum Gasteiger partial charge on any atom is -0.492 e. The Labute approximate surface area is 246 Å². The highest BCUT2D eigenvalue weighted by Crippen LogP contribution is 2.30. The standard InChI is InChI=1S/C32H34ClN5O3/c33-29-12-10-27(11-13-29)31(26-7-2-1-3-8-26)37-20-18-36(19-21-37)22-23-41-30-14-9-25(24-28(30)15-16-34)6-4-5-17-38(40)32(35)39/h1-3,7-14,24,31,40H,5,15,17-23H2,(H2,35,39)/t31-/m1/s1. The van der Waals surface area contributed by atoms with E-state index < -0.39 is 6.03 Å². The van der Waals surface area contributed by atoms with Crippen LogP contribution in [0.4, 0.5) is 4.79 Å². The van der Waals surface area contributed by atoms with Crippen molar-refractivity contribution in [1.82, 2.24) is 14.9 Å². The molecule has 1 saturated heterocycles. The second kappa shape index (κ2) is 15.1. The minimum atomic E-state index is -0.916. The van der Waals surface area contributed by atoms with Crippen LogP contribution in [0.15, 0.2) is 72.8 Å². The molecule has 0 unspecified atom stereocenters. The highest BCUT2D eigenvalue weighted by atomic mass is 35.5. The lowest BCUT2D eigenvalue weighted by molar-refractivity contribution is -0.0372. The number of hydroxylamine groups is 2. The van der Waals surface area contributed by atoms with Crippen LogP contribution in [0.3, 0.4) is 0 Å². The van der Waals surface area contributed by atoms with E-state index in [1.54, 1.807) is 0 Å². The number of rotatable bonds is 10. The van der Waals surface area contributed by atoms with E-state index in [1.165, 1.54) is 11.1 Å². The van der Waals surface area contributed by atoms with Gasteiger partial charge in [-0.05, 0) is 41.5 Å². The Morgan fingerprint density at radius 2 is 1.76 bits per heavy atom. The van der Waals surface area contributed by atoms with E-state index >= 15 is 0 Å². The van der Waals surface area contributed by atoms with Gasteiger partial charge in [-0.1, -0.05) is 65.9 Å². The van der Waals surface area contributed by atoms with Crippen LogP contribution in [0.25, 0.3) is 0 Å². The van der Waals surface area contributed by atoms with Gasteiger partial charge in [-0.2, -0.15) is 5.26 Å². The van der Waals surface area contributed by atoms with Crippen molar-refractivity contribution in [3.63, 3.8) is 0 Å². The summed E-state index contributed by atoms with van der Waals surface area (Å²) in [6.07, 6.45) is 0.478. The molecule has 212 valence electrons. The van der Waals surface area contributed by atoms with Gasteiger partial charge in [-0.3, -0.25) is 15.0 Å². The van der Waals surface area contributed by atoms with Gasteiger partial charge in [0.1, 0.15) is 12.4 Å². The van der Waals surface area contributed by atoms with E-state index in [0.717, 1.165) is 48.9 Å². The molecule has 0 saturated carbocycles. The maximum atomic E-state index is 10.9. The quantitative estimate of drug-likeness (QED) is 0.207. The molecule has 41 heavy (non-hydrogen) atoms. The maximum Gasteiger partial charge on any atom is 0.338 e. The number of nitriles is 1. The molecule has 1 aliphatic heterocycles. The molecule has 3 aromatic carbocycles. The summed E-state index contributed by atoms with van der Waals surface area (Å²) in [6.45, 7) is 5.06. The van der Waals surface area contributed by atoms with Crippen molar-refractivity contribution in [2.24, 2.45) is 5.73 Å². The molecular weight excluding hydrogens is 538 g/mol. The molecule has 1 aliphatic rings. The Morgan fingerprint density at radius 1 is 1.05 bits per heavy atom. The number of carbonyl (C=O) groups is 1. The second-order valence-corrected chi connectivity index (χ2v) is 10.2.